The Morgan fingerprint density at radius 3 is 1.83 bits per heavy atom. The van der Waals surface area contributed by atoms with Crippen molar-refractivity contribution in [2.75, 3.05) is 7.11 Å². The van der Waals surface area contributed by atoms with Gasteiger partial charge in [0.15, 0.2) is 0 Å². The van der Waals surface area contributed by atoms with E-state index in [1.807, 2.05) is 55.4 Å². The summed E-state index contributed by atoms with van der Waals surface area (Å²) >= 11 is 0. The SMILES string of the molecule is CCC(C)(C)C(=O)OC1(CC)CC2CC1C1C3CCC(C3)C21.CCC(C)(C)C(=O)OC12CC3CC(CC(O)(C3)C1)C2.CCC(C)(C)C(=O)OC1C2CC3C1OC(=O)C3C2C(=O)OC. The normalized spacial score (nSPS) is 44.0. The monoisotopic (exact) mass is 881 g/mol. The molecule has 10 aliphatic carbocycles. The Balaban J connectivity index is 0.000000130. The van der Waals surface area contributed by atoms with E-state index in [1.165, 1.54) is 39.2 Å². The zero-order valence-corrected chi connectivity index (χ0v) is 40.4. The predicted octanol–water partition coefficient (Wildman–Crippen LogP) is 9.18. The average Bonchev–Trinajstić information content (AvgIpc) is 4.10. The van der Waals surface area contributed by atoms with Crippen LogP contribution in [0.3, 0.4) is 0 Å². The molecule has 1 heterocycles. The van der Waals surface area contributed by atoms with E-state index in [-0.39, 0.29) is 52.3 Å². The minimum atomic E-state index is -0.593. The molecule has 0 amide bonds. The van der Waals surface area contributed by atoms with Gasteiger partial charge in [0.1, 0.15) is 23.4 Å². The molecule has 63 heavy (non-hydrogen) atoms. The average molecular weight is 881 g/mol. The molecule has 0 spiro atoms. The van der Waals surface area contributed by atoms with Crippen LogP contribution in [0.2, 0.25) is 0 Å². The summed E-state index contributed by atoms with van der Waals surface area (Å²) in [6, 6.07) is 0. The molecule has 0 aromatic heterocycles. The Bertz CT molecular complexity index is 1800. The number of carbonyl (C=O) groups is 5. The van der Waals surface area contributed by atoms with E-state index in [2.05, 4.69) is 13.8 Å². The van der Waals surface area contributed by atoms with Crippen molar-refractivity contribution in [2.24, 2.45) is 87.3 Å². The van der Waals surface area contributed by atoms with Crippen LogP contribution in [0, 0.1) is 87.3 Å². The van der Waals surface area contributed by atoms with Gasteiger partial charge in [-0.05, 0) is 179 Å². The first-order chi connectivity index (χ1) is 29.5. The molecule has 1 N–H and O–H groups in total. The quantitative estimate of drug-likeness (QED) is 0.120. The molecule has 10 bridgehead atoms. The molecule has 11 aliphatic rings. The molecule has 1 aliphatic heterocycles. The van der Waals surface area contributed by atoms with E-state index < -0.39 is 46.4 Å². The van der Waals surface area contributed by atoms with E-state index in [4.69, 9.17) is 23.7 Å². The van der Waals surface area contributed by atoms with Gasteiger partial charge >= 0.3 is 29.8 Å². The highest BCUT2D eigenvalue weighted by molar-refractivity contribution is 5.86. The van der Waals surface area contributed by atoms with Crippen molar-refractivity contribution in [1.29, 1.82) is 0 Å². The highest BCUT2D eigenvalue weighted by Crippen LogP contribution is 2.71. The maximum atomic E-state index is 12.7. The van der Waals surface area contributed by atoms with Gasteiger partial charge < -0.3 is 28.8 Å². The fraction of sp³-hybridized carbons (Fsp3) is 0.904. The van der Waals surface area contributed by atoms with Gasteiger partial charge in [-0.25, -0.2) is 0 Å². The highest BCUT2D eigenvalue weighted by Gasteiger charge is 2.71. The van der Waals surface area contributed by atoms with Crippen LogP contribution in [0.15, 0.2) is 0 Å². The number of hydrogen-bond acceptors (Lipinski definition) is 11. The summed E-state index contributed by atoms with van der Waals surface area (Å²) in [7, 11) is 1.31. The second-order valence-electron chi connectivity index (χ2n) is 24.5. The molecular formula is C52H80O11. The molecule has 11 rings (SSSR count). The zero-order valence-electron chi connectivity index (χ0n) is 40.4. The van der Waals surface area contributed by atoms with Crippen LogP contribution >= 0.6 is 0 Å². The highest BCUT2D eigenvalue weighted by atomic mass is 16.6. The number of methoxy groups -OCH3 is 1. The van der Waals surface area contributed by atoms with Crippen LogP contribution in [-0.2, 0) is 47.7 Å². The van der Waals surface area contributed by atoms with Gasteiger partial charge in [-0.3, -0.25) is 24.0 Å². The molecule has 0 radical (unpaired) electrons. The van der Waals surface area contributed by atoms with Crippen LogP contribution in [-0.4, -0.2) is 71.1 Å². The number of esters is 5. The third kappa shape index (κ3) is 7.87. The van der Waals surface area contributed by atoms with Gasteiger partial charge in [0.2, 0.25) is 0 Å². The fourth-order valence-corrected chi connectivity index (χ4v) is 15.5. The summed E-state index contributed by atoms with van der Waals surface area (Å²) in [4.78, 5) is 61.5. The van der Waals surface area contributed by atoms with Gasteiger partial charge in [0, 0.05) is 24.2 Å². The van der Waals surface area contributed by atoms with Gasteiger partial charge in [-0.1, -0.05) is 27.7 Å². The van der Waals surface area contributed by atoms with Gasteiger partial charge in [-0.2, -0.15) is 0 Å². The third-order valence-corrected chi connectivity index (χ3v) is 19.6. The molecule has 0 aromatic rings. The summed E-state index contributed by atoms with van der Waals surface area (Å²) in [6.07, 6.45) is 15.6. The Kier molecular flexibility index (Phi) is 12.1. The number of aliphatic hydroxyl groups is 1. The van der Waals surface area contributed by atoms with E-state index in [0.29, 0.717) is 37.0 Å². The van der Waals surface area contributed by atoms with E-state index >= 15 is 0 Å². The lowest BCUT2D eigenvalue weighted by molar-refractivity contribution is -0.225. The van der Waals surface area contributed by atoms with Crippen molar-refractivity contribution in [3.8, 4) is 0 Å². The Labute approximate surface area is 376 Å². The van der Waals surface area contributed by atoms with Gasteiger partial charge in [0.05, 0.1) is 40.8 Å². The second-order valence-corrected chi connectivity index (χ2v) is 24.5. The summed E-state index contributed by atoms with van der Waals surface area (Å²) in [5.41, 5.74) is -2.38. The topological polar surface area (TPSA) is 152 Å². The van der Waals surface area contributed by atoms with Gasteiger partial charge in [-0.15, -0.1) is 0 Å². The zero-order chi connectivity index (χ0) is 45.8. The molecule has 11 heteroatoms. The molecule has 1 saturated heterocycles. The lowest BCUT2D eigenvalue weighted by atomic mass is 9.52. The summed E-state index contributed by atoms with van der Waals surface area (Å²) in [5.74, 6) is 4.15. The third-order valence-electron chi connectivity index (χ3n) is 19.6. The molecular weight excluding hydrogens is 801 g/mol. The standard InChI is InChI=1S/C20H32O2.C16H22O6.C16H26O3/c1-5-19(3,4)18(21)22-20(6-2)11-14-10-15(20)17-13-8-7-12(9-13)16(14)17;1-5-16(2,3)15(19)22-12-7-6-8-10(9(7)13(17)20-4)14(18)21-11(8)12;1-4-14(2,3)13(17)19-16-8-11-5-12(9-16)7-15(18,6-11)10-16/h12-17H,5-11H2,1-4H3;7-12H,5-6H2,1-4H3;11-12,18H,4-10H2,1-3H3. The number of fused-ring (bicyclic) bond motifs is 10. The largest absolute Gasteiger partial charge is 0.469 e. The number of hydrogen-bond donors (Lipinski definition) is 1. The lowest BCUT2D eigenvalue weighted by Gasteiger charge is -2.59. The minimum Gasteiger partial charge on any atom is -0.469 e. The molecule has 0 aromatic carbocycles. The van der Waals surface area contributed by atoms with Crippen molar-refractivity contribution >= 4 is 29.8 Å². The maximum absolute atomic E-state index is 12.7. The Morgan fingerprint density at radius 2 is 1.27 bits per heavy atom. The molecule has 11 nitrogen and oxygen atoms in total. The summed E-state index contributed by atoms with van der Waals surface area (Å²) in [6.45, 7) is 19.9. The van der Waals surface area contributed by atoms with E-state index in [1.54, 1.807) is 0 Å². The van der Waals surface area contributed by atoms with Crippen molar-refractivity contribution < 1.29 is 52.8 Å². The van der Waals surface area contributed by atoms with Crippen LogP contribution in [0.1, 0.15) is 172 Å². The first-order valence-corrected chi connectivity index (χ1v) is 25.2. The van der Waals surface area contributed by atoms with E-state index in [0.717, 1.165) is 81.0 Å². The van der Waals surface area contributed by atoms with Crippen LogP contribution in [0.4, 0.5) is 0 Å². The lowest BCUT2D eigenvalue weighted by Crippen LogP contribution is -2.61. The molecule has 10 saturated carbocycles. The first kappa shape index (κ1) is 46.8. The minimum absolute atomic E-state index is 0.0378. The van der Waals surface area contributed by atoms with Crippen molar-refractivity contribution in [3.63, 3.8) is 0 Å². The summed E-state index contributed by atoms with van der Waals surface area (Å²) in [5, 5.41) is 10.6. The van der Waals surface area contributed by atoms with Crippen LogP contribution in [0.25, 0.3) is 0 Å². The number of carbonyl (C=O) groups excluding carboxylic acids is 5. The van der Waals surface area contributed by atoms with Crippen LogP contribution in [0.5, 0.6) is 0 Å². The molecule has 11 fully saturated rings. The summed E-state index contributed by atoms with van der Waals surface area (Å²) < 4.78 is 28.2. The smallest absolute Gasteiger partial charge is 0.312 e. The van der Waals surface area contributed by atoms with Gasteiger partial charge in [0.25, 0.3) is 0 Å². The first-order valence-electron chi connectivity index (χ1n) is 25.2. The molecule has 15 atom stereocenters. The van der Waals surface area contributed by atoms with Crippen LogP contribution < -0.4 is 0 Å². The second kappa shape index (κ2) is 16.3. The predicted molar refractivity (Wildman–Crippen MR) is 234 cm³/mol. The fourth-order valence-electron chi connectivity index (χ4n) is 15.5. The Morgan fingerprint density at radius 1 is 0.698 bits per heavy atom. The number of rotatable bonds is 11. The maximum Gasteiger partial charge on any atom is 0.312 e. The Hall–Kier alpha value is -2.69. The number of ether oxygens (including phenoxy) is 5. The van der Waals surface area contributed by atoms with Crippen molar-refractivity contribution in [3.05, 3.63) is 0 Å². The van der Waals surface area contributed by atoms with E-state index in [9.17, 15) is 29.1 Å². The van der Waals surface area contributed by atoms with Crippen molar-refractivity contribution in [1.82, 2.24) is 0 Å². The molecule has 354 valence electrons. The molecule has 15 unspecified atom stereocenters. The van der Waals surface area contributed by atoms with Crippen molar-refractivity contribution in [2.45, 2.75) is 201 Å².